The highest BCUT2D eigenvalue weighted by molar-refractivity contribution is 7.89. The van der Waals surface area contributed by atoms with Crippen LogP contribution in [0, 0.1) is 6.92 Å². The molecule has 1 heterocycles. The van der Waals surface area contributed by atoms with Gasteiger partial charge in [0.2, 0.25) is 10.0 Å². The summed E-state index contributed by atoms with van der Waals surface area (Å²) in [5.74, 6) is -0.538. The van der Waals surface area contributed by atoms with Crippen LogP contribution in [-0.2, 0) is 29.3 Å². The molecule has 0 atom stereocenters. The molecule has 146 valence electrons. The van der Waals surface area contributed by atoms with E-state index >= 15 is 0 Å². The summed E-state index contributed by atoms with van der Waals surface area (Å²) >= 11 is 0. The van der Waals surface area contributed by atoms with E-state index in [0.717, 1.165) is 17.5 Å². The Morgan fingerprint density at radius 1 is 1.00 bits per heavy atom. The van der Waals surface area contributed by atoms with E-state index in [1.807, 2.05) is 19.1 Å². The van der Waals surface area contributed by atoms with E-state index in [9.17, 15) is 13.2 Å². The van der Waals surface area contributed by atoms with Crippen molar-refractivity contribution in [2.24, 2.45) is 10.9 Å². The van der Waals surface area contributed by atoms with Crippen molar-refractivity contribution in [2.45, 2.75) is 31.1 Å². The van der Waals surface area contributed by atoms with E-state index in [1.165, 1.54) is 17.7 Å². The third-order valence-corrected chi connectivity index (χ3v) is 5.50. The maximum Gasteiger partial charge on any atom is 0.252 e. The Bertz CT molecular complexity index is 1090. The zero-order valence-electron chi connectivity index (χ0n) is 15.5. The number of H-pyrrole nitrogens is 1. The third kappa shape index (κ3) is 4.65. The van der Waals surface area contributed by atoms with Crippen molar-refractivity contribution in [2.75, 3.05) is 0 Å². The maximum atomic E-state index is 12.0. The monoisotopic (exact) mass is 398 g/mol. The fraction of sp³-hybridized carbons (Fsp3) is 0.200. The van der Waals surface area contributed by atoms with E-state index in [1.54, 1.807) is 12.1 Å². The Balaban J connectivity index is 1.78. The van der Waals surface area contributed by atoms with Crippen molar-refractivity contribution in [3.63, 3.8) is 0 Å². The number of nitrogens with zero attached hydrogens (tertiary/aromatic N) is 1. The molecule has 0 aliphatic heterocycles. The molecular weight excluding hydrogens is 376 g/mol. The minimum atomic E-state index is -3.74. The third-order valence-electron chi connectivity index (χ3n) is 4.57. The summed E-state index contributed by atoms with van der Waals surface area (Å²) in [6.45, 7) is 2.03. The molecule has 2 aromatic carbocycles. The summed E-state index contributed by atoms with van der Waals surface area (Å²) in [6.07, 6.45) is 1.71. The normalized spacial score (nSPS) is 11.5. The summed E-state index contributed by atoms with van der Waals surface area (Å²) < 4.78 is 22.7. The van der Waals surface area contributed by atoms with Crippen LogP contribution in [0.25, 0.3) is 0 Å². The Labute approximate surface area is 163 Å². The summed E-state index contributed by atoms with van der Waals surface area (Å²) in [5.41, 5.74) is 10.4. The molecule has 0 aliphatic carbocycles. The molecule has 0 spiro atoms. The summed E-state index contributed by atoms with van der Waals surface area (Å²) in [7, 11) is -3.74. The van der Waals surface area contributed by atoms with Crippen molar-refractivity contribution >= 4 is 15.9 Å². The summed E-state index contributed by atoms with van der Waals surface area (Å²) in [4.78, 5) is 12.0. The Hall–Kier alpha value is -2.97. The van der Waals surface area contributed by atoms with Gasteiger partial charge in [-0.3, -0.25) is 9.89 Å². The minimum Gasteiger partial charge on any atom is -0.365 e. The van der Waals surface area contributed by atoms with Crippen molar-refractivity contribution in [1.82, 2.24) is 10.2 Å². The molecule has 0 saturated carbocycles. The number of hydrogen-bond acceptors (Lipinski definition) is 4. The van der Waals surface area contributed by atoms with Crippen molar-refractivity contribution in [3.8, 4) is 0 Å². The van der Waals surface area contributed by atoms with Gasteiger partial charge in [0, 0.05) is 6.42 Å². The molecule has 8 heteroatoms. The van der Waals surface area contributed by atoms with Crippen LogP contribution in [-0.4, -0.2) is 24.5 Å². The first kappa shape index (κ1) is 19.8. The minimum absolute atomic E-state index is 0.0368. The zero-order valence-corrected chi connectivity index (χ0v) is 16.3. The number of hydrogen-bond donors (Lipinski definition) is 3. The van der Waals surface area contributed by atoms with E-state index in [4.69, 9.17) is 10.9 Å². The first-order chi connectivity index (χ1) is 13.2. The van der Waals surface area contributed by atoms with Gasteiger partial charge >= 0.3 is 0 Å². The second-order valence-corrected chi connectivity index (χ2v) is 8.30. The van der Waals surface area contributed by atoms with Gasteiger partial charge in [0.1, 0.15) is 0 Å². The van der Waals surface area contributed by atoms with Crippen LogP contribution in [0.15, 0.2) is 53.4 Å². The van der Waals surface area contributed by atoms with E-state index in [-0.39, 0.29) is 4.90 Å². The van der Waals surface area contributed by atoms with Crippen molar-refractivity contribution in [1.29, 1.82) is 0 Å². The molecule has 28 heavy (non-hydrogen) atoms. The Morgan fingerprint density at radius 2 is 1.61 bits per heavy atom. The molecule has 3 rings (SSSR count). The highest BCUT2D eigenvalue weighted by Gasteiger charge is 2.18. The first-order valence-electron chi connectivity index (χ1n) is 8.77. The number of carbonyl (C=O) groups excluding carboxylic acids is 1. The van der Waals surface area contributed by atoms with Gasteiger partial charge in [0.05, 0.1) is 21.8 Å². The molecule has 0 radical (unpaired) electrons. The number of aryl methyl sites for hydroxylation is 3. The molecule has 1 amide bonds. The standard InChI is InChI=1S/C20H22N4O3S/c1-13-2-4-14(5-3-13)8-11-17-19(20(21)25)18(24-23-17)12-15-6-9-16(10-7-15)28(22,26)27/h2-7,9-10H,8,11-12H2,1H3,(H2,21,25)(H,23,24)(H2,22,26,27). The van der Waals surface area contributed by atoms with Gasteiger partial charge in [-0.05, 0) is 43.0 Å². The molecule has 3 aromatic rings. The number of aromatic nitrogens is 2. The van der Waals surface area contributed by atoms with Crippen LogP contribution in [0.3, 0.4) is 0 Å². The lowest BCUT2D eigenvalue weighted by atomic mass is 10.0. The predicted molar refractivity (Wildman–Crippen MR) is 106 cm³/mol. The largest absolute Gasteiger partial charge is 0.365 e. The highest BCUT2D eigenvalue weighted by Crippen LogP contribution is 2.19. The molecule has 7 nitrogen and oxygen atoms in total. The molecule has 1 aromatic heterocycles. The van der Waals surface area contributed by atoms with Gasteiger partial charge in [0.25, 0.3) is 5.91 Å². The van der Waals surface area contributed by atoms with Gasteiger partial charge < -0.3 is 5.73 Å². The predicted octanol–water partition coefficient (Wildman–Crippen LogP) is 1.84. The van der Waals surface area contributed by atoms with E-state index in [2.05, 4.69) is 22.3 Å². The quantitative estimate of drug-likeness (QED) is 0.560. The van der Waals surface area contributed by atoms with Crippen LogP contribution in [0.5, 0.6) is 0 Å². The second kappa shape index (κ2) is 7.95. The SMILES string of the molecule is Cc1ccc(CCc2n[nH]c(Cc3ccc(S(N)(=O)=O)cc3)c2C(N)=O)cc1. The molecule has 0 saturated heterocycles. The average molecular weight is 398 g/mol. The lowest BCUT2D eigenvalue weighted by molar-refractivity contribution is 0.0998. The van der Waals surface area contributed by atoms with Crippen LogP contribution in [0.4, 0.5) is 0 Å². The van der Waals surface area contributed by atoms with Crippen LogP contribution >= 0.6 is 0 Å². The number of nitrogens with two attached hydrogens (primary N) is 2. The smallest absolute Gasteiger partial charge is 0.252 e. The number of primary sulfonamides is 1. The lowest BCUT2D eigenvalue weighted by Crippen LogP contribution is -2.15. The number of nitrogens with one attached hydrogen (secondary N) is 1. The molecule has 0 unspecified atom stereocenters. The van der Waals surface area contributed by atoms with Gasteiger partial charge in [-0.25, -0.2) is 13.6 Å². The lowest BCUT2D eigenvalue weighted by Gasteiger charge is -2.05. The number of benzene rings is 2. The highest BCUT2D eigenvalue weighted by atomic mass is 32.2. The fourth-order valence-electron chi connectivity index (χ4n) is 3.04. The topological polar surface area (TPSA) is 132 Å². The fourth-order valence-corrected chi connectivity index (χ4v) is 3.55. The zero-order chi connectivity index (χ0) is 20.3. The summed E-state index contributed by atoms with van der Waals surface area (Å²) in [6, 6.07) is 14.4. The number of primary amides is 1. The number of amides is 1. The van der Waals surface area contributed by atoms with Crippen molar-refractivity contribution < 1.29 is 13.2 Å². The number of aromatic amines is 1. The molecule has 0 aliphatic rings. The Kier molecular flexibility index (Phi) is 5.62. The molecule has 0 fully saturated rings. The number of rotatable bonds is 7. The van der Waals surface area contributed by atoms with Gasteiger partial charge in [-0.1, -0.05) is 42.0 Å². The maximum absolute atomic E-state index is 12.0. The molecular formula is C20H22N4O3S. The van der Waals surface area contributed by atoms with Gasteiger partial charge in [-0.15, -0.1) is 0 Å². The molecule has 0 bridgehead atoms. The summed E-state index contributed by atoms with van der Waals surface area (Å²) in [5, 5.41) is 12.3. The van der Waals surface area contributed by atoms with Crippen LogP contribution < -0.4 is 10.9 Å². The van der Waals surface area contributed by atoms with Gasteiger partial charge in [0.15, 0.2) is 0 Å². The van der Waals surface area contributed by atoms with Crippen LogP contribution in [0.2, 0.25) is 0 Å². The first-order valence-corrected chi connectivity index (χ1v) is 10.3. The number of sulfonamides is 1. The van der Waals surface area contributed by atoms with Gasteiger partial charge in [-0.2, -0.15) is 5.10 Å². The second-order valence-electron chi connectivity index (χ2n) is 6.74. The van der Waals surface area contributed by atoms with Crippen molar-refractivity contribution in [3.05, 3.63) is 82.2 Å². The van der Waals surface area contributed by atoms with E-state index < -0.39 is 15.9 Å². The average Bonchev–Trinajstić information content (AvgIpc) is 3.04. The van der Waals surface area contributed by atoms with Crippen LogP contribution in [0.1, 0.15) is 38.4 Å². The Morgan fingerprint density at radius 3 is 2.18 bits per heavy atom. The molecule has 5 N–H and O–H groups in total. The van der Waals surface area contributed by atoms with E-state index in [0.29, 0.717) is 29.8 Å². The number of carbonyl (C=O) groups is 1.